The first-order valence-electron chi connectivity index (χ1n) is 5.77. The smallest absolute Gasteiger partial charge is 0.265 e. The van der Waals surface area contributed by atoms with Gasteiger partial charge in [-0.3, -0.25) is 4.72 Å². The maximum atomic E-state index is 12.2. The highest BCUT2D eigenvalue weighted by Gasteiger charge is 2.18. The molecule has 6 nitrogen and oxygen atoms in total. The molecule has 0 unspecified atom stereocenters. The summed E-state index contributed by atoms with van der Waals surface area (Å²) >= 11 is 7.25. The minimum Gasteiger partial charge on any atom is -0.369 e. The van der Waals surface area contributed by atoms with Gasteiger partial charge in [-0.05, 0) is 19.9 Å². The van der Waals surface area contributed by atoms with E-state index in [9.17, 15) is 8.42 Å². The molecule has 2 N–H and O–H groups in total. The molecule has 20 heavy (non-hydrogen) atoms. The summed E-state index contributed by atoms with van der Waals surface area (Å²) in [5.74, 6) is 0.457. The number of rotatable bonds is 5. The van der Waals surface area contributed by atoms with Gasteiger partial charge in [0.15, 0.2) is 5.13 Å². The summed E-state index contributed by atoms with van der Waals surface area (Å²) in [6.45, 7) is 4.39. The Balaban J connectivity index is 2.27. The van der Waals surface area contributed by atoms with Crippen LogP contribution in [0, 0.1) is 6.92 Å². The monoisotopic (exact) mass is 332 g/mol. The van der Waals surface area contributed by atoms with Gasteiger partial charge in [0, 0.05) is 23.8 Å². The number of anilines is 2. The Morgan fingerprint density at radius 2 is 2.10 bits per heavy atom. The van der Waals surface area contributed by atoms with Crippen LogP contribution in [-0.4, -0.2) is 24.9 Å². The maximum Gasteiger partial charge on any atom is 0.265 e. The molecule has 0 saturated carbocycles. The molecule has 0 aliphatic carbocycles. The lowest BCUT2D eigenvalue weighted by molar-refractivity contribution is 0.601. The first-order chi connectivity index (χ1) is 9.42. The molecule has 2 aromatic rings. The number of nitrogens with one attached hydrogen (secondary N) is 2. The molecule has 0 aliphatic rings. The molecule has 0 aliphatic heterocycles. The number of aryl methyl sites for hydroxylation is 1. The van der Waals surface area contributed by atoms with Crippen LogP contribution in [0.15, 0.2) is 23.4 Å². The fraction of sp³-hybridized carbons (Fsp3) is 0.273. The Bertz CT molecular complexity index is 715. The summed E-state index contributed by atoms with van der Waals surface area (Å²) in [5.41, 5.74) is 0. The Morgan fingerprint density at radius 3 is 2.65 bits per heavy atom. The van der Waals surface area contributed by atoms with Crippen LogP contribution < -0.4 is 10.0 Å². The molecule has 2 rings (SSSR count). The Morgan fingerprint density at radius 1 is 1.35 bits per heavy atom. The van der Waals surface area contributed by atoms with Gasteiger partial charge in [-0.25, -0.2) is 18.4 Å². The van der Waals surface area contributed by atoms with Gasteiger partial charge in [-0.15, -0.1) is 11.3 Å². The number of halogens is 1. The van der Waals surface area contributed by atoms with Crippen LogP contribution in [0.2, 0.25) is 5.02 Å². The second kappa shape index (κ2) is 5.94. The quantitative estimate of drug-likeness (QED) is 0.879. The van der Waals surface area contributed by atoms with Crippen molar-refractivity contribution in [2.45, 2.75) is 18.7 Å². The van der Waals surface area contributed by atoms with E-state index in [0.29, 0.717) is 17.5 Å². The maximum absolute atomic E-state index is 12.2. The van der Waals surface area contributed by atoms with Crippen molar-refractivity contribution in [2.24, 2.45) is 0 Å². The van der Waals surface area contributed by atoms with Crippen molar-refractivity contribution in [1.82, 2.24) is 9.97 Å². The standard InChI is InChI=1S/C11H13ClN4O2S2/c1-3-13-10-9(12)4-8(6-14-10)20(17,18)16-11-15-5-7(2)19-11/h4-6H,3H2,1-2H3,(H,13,14)(H,15,16). The summed E-state index contributed by atoms with van der Waals surface area (Å²) in [6, 6.07) is 1.36. The van der Waals surface area contributed by atoms with Crippen molar-refractivity contribution in [1.29, 1.82) is 0 Å². The molecule has 0 atom stereocenters. The van der Waals surface area contributed by atoms with E-state index in [2.05, 4.69) is 20.0 Å². The normalized spacial score (nSPS) is 11.3. The lowest BCUT2D eigenvalue weighted by atomic mass is 10.4. The van der Waals surface area contributed by atoms with Crippen molar-refractivity contribution in [3.05, 3.63) is 28.4 Å². The highest BCUT2D eigenvalue weighted by atomic mass is 35.5. The van der Waals surface area contributed by atoms with Gasteiger partial charge < -0.3 is 5.32 Å². The summed E-state index contributed by atoms with van der Waals surface area (Å²) in [7, 11) is -3.73. The van der Waals surface area contributed by atoms with Gasteiger partial charge in [0.2, 0.25) is 0 Å². The minimum atomic E-state index is -3.73. The zero-order valence-electron chi connectivity index (χ0n) is 10.8. The first kappa shape index (κ1) is 15.0. The number of pyridine rings is 1. The van der Waals surface area contributed by atoms with E-state index in [-0.39, 0.29) is 9.92 Å². The predicted molar refractivity (Wildman–Crippen MR) is 81.1 cm³/mol. The summed E-state index contributed by atoms with van der Waals surface area (Å²) in [5, 5.41) is 3.51. The summed E-state index contributed by atoms with van der Waals surface area (Å²) in [4.78, 5) is 8.88. The third-order valence-corrected chi connectivity index (χ3v) is 4.87. The number of sulfonamides is 1. The Hall–Kier alpha value is -1.38. The fourth-order valence-electron chi connectivity index (χ4n) is 1.44. The van der Waals surface area contributed by atoms with Crippen LogP contribution in [0.5, 0.6) is 0 Å². The second-order valence-electron chi connectivity index (χ2n) is 3.91. The number of thiazole rings is 1. The van der Waals surface area contributed by atoms with E-state index in [0.717, 1.165) is 4.88 Å². The Kier molecular flexibility index (Phi) is 4.46. The van der Waals surface area contributed by atoms with Crippen LogP contribution in [0.3, 0.4) is 0 Å². The highest BCUT2D eigenvalue weighted by molar-refractivity contribution is 7.93. The summed E-state index contributed by atoms with van der Waals surface area (Å²) < 4.78 is 26.7. The minimum absolute atomic E-state index is 0.00277. The molecular formula is C11H13ClN4O2S2. The van der Waals surface area contributed by atoms with E-state index >= 15 is 0 Å². The fourth-order valence-corrected chi connectivity index (χ4v) is 3.61. The van der Waals surface area contributed by atoms with E-state index < -0.39 is 10.0 Å². The highest BCUT2D eigenvalue weighted by Crippen LogP contribution is 2.25. The van der Waals surface area contributed by atoms with Gasteiger partial charge >= 0.3 is 0 Å². The zero-order chi connectivity index (χ0) is 14.8. The molecule has 0 fully saturated rings. The van der Waals surface area contributed by atoms with Gasteiger partial charge in [0.25, 0.3) is 10.0 Å². The third-order valence-electron chi connectivity index (χ3n) is 2.31. The molecule has 2 heterocycles. The Labute approximate surface area is 126 Å². The van der Waals surface area contributed by atoms with Crippen LogP contribution in [0.25, 0.3) is 0 Å². The number of aromatic nitrogens is 2. The molecule has 0 radical (unpaired) electrons. The molecular weight excluding hydrogens is 320 g/mol. The lowest BCUT2D eigenvalue weighted by Crippen LogP contribution is -2.13. The van der Waals surface area contributed by atoms with Gasteiger partial charge in [0.1, 0.15) is 10.7 Å². The van der Waals surface area contributed by atoms with Crippen molar-refractivity contribution in [2.75, 3.05) is 16.6 Å². The van der Waals surface area contributed by atoms with Gasteiger partial charge in [-0.2, -0.15) is 0 Å². The number of hydrogen-bond acceptors (Lipinski definition) is 6. The summed E-state index contributed by atoms with van der Waals surface area (Å²) in [6.07, 6.45) is 2.86. The van der Waals surface area contributed by atoms with Crippen molar-refractivity contribution < 1.29 is 8.42 Å². The molecule has 108 valence electrons. The topological polar surface area (TPSA) is 84.0 Å². The van der Waals surface area contributed by atoms with Crippen molar-refractivity contribution in [3.63, 3.8) is 0 Å². The van der Waals surface area contributed by atoms with Crippen LogP contribution in [-0.2, 0) is 10.0 Å². The van der Waals surface area contributed by atoms with E-state index in [1.807, 2.05) is 13.8 Å². The molecule has 0 aromatic carbocycles. The van der Waals surface area contributed by atoms with Crippen molar-refractivity contribution in [3.8, 4) is 0 Å². The predicted octanol–water partition coefficient (Wildman–Crippen LogP) is 2.73. The molecule has 0 spiro atoms. The van der Waals surface area contributed by atoms with Crippen LogP contribution in [0.4, 0.5) is 10.9 Å². The van der Waals surface area contributed by atoms with Crippen molar-refractivity contribution >= 4 is 43.9 Å². The lowest BCUT2D eigenvalue weighted by Gasteiger charge is -2.08. The number of hydrogen-bond donors (Lipinski definition) is 2. The van der Waals surface area contributed by atoms with E-state index in [1.165, 1.54) is 23.6 Å². The SMILES string of the molecule is CCNc1ncc(S(=O)(=O)Nc2ncc(C)s2)cc1Cl. The second-order valence-corrected chi connectivity index (χ2v) is 7.24. The molecule has 0 amide bonds. The zero-order valence-corrected chi connectivity index (χ0v) is 13.2. The largest absolute Gasteiger partial charge is 0.369 e. The molecule has 2 aromatic heterocycles. The van der Waals surface area contributed by atoms with E-state index in [1.54, 1.807) is 6.20 Å². The molecule has 9 heteroatoms. The van der Waals surface area contributed by atoms with Crippen LogP contribution in [0.1, 0.15) is 11.8 Å². The van der Waals surface area contributed by atoms with Gasteiger partial charge in [0.05, 0.1) is 5.02 Å². The molecule has 0 bridgehead atoms. The van der Waals surface area contributed by atoms with Gasteiger partial charge in [-0.1, -0.05) is 11.6 Å². The average Bonchev–Trinajstić information content (AvgIpc) is 2.76. The van der Waals surface area contributed by atoms with Crippen LogP contribution >= 0.6 is 22.9 Å². The molecule has 0 saturated heterocycles. The van der Waals surface area contributed by atoms with E-state index in [4.69, 9.17) is 11.6 Å². The third kappa shape index (κ3) is 3.38. The average molecular weight is 333 g/mol. The first-order valence-corrected chi connectivity index (χ1v) is 8.45. The number of nitrogens with zero attached hydrogens (tertiary/aromatic N) is 2.